The first-order valence-corrected chi connectivity index (χ1v) is 9.40. The first kappa shape index (κ1) is 17.9. The predicted molar refractivity (Wildman–Crippen MR) is 97.6 cm³/mol. The normalized spacial score (nSPS) is 24.3. The molecule has 5 nitrogen and oxygen atoms in total. The Morgan fingerprint density at radius 2 is 1.76 bits per heavy atom. The van der Waals surface area contributed by atoms with Gasteiger partial charge in [-0.2, -0.15) is 0 Å². The highest BCUT2D eigenvalue weighted by molar-refractivity contribution is 5.81. The van der Waals surface area contributed by atoms with Gasteiger partial charge >= 0.3 is 0 Å². The van der Waals surface area contributed by atoms with E-state index in [4.69, 9.17) is 5.73 Å². The Kier molecular flexibility index (Phi) is 5.74. The molecule has 2 atom stereocenters. The molecule has 1 aliphatic carbocycles. The van der Waals surface area contributed by atoms with Gasteiger partial charge in [-0.1, -0.05) is 29.8 Å². The lowest BCUT2D eigenvalue weighted by Gasteiger charge is -2.33. The van der Waals surface area contributed by atoms with Crippen LogP contribution in [0.4, 0.5) is 0 Å². The summed E-state index contributed by atoms with van der Waals surface area (Å²) in [5.41, 5.74) is 8.25. The van der Waals surface area contributed by atoms with E-state index in [9.17, 15) is 9.59 Å². The van der Waals surface area contributed by atoms with Gasteiger partial charge in [0.1, 0.15) is 0 Å². The maximum atomic E-state index is 12.5. The summed E-state index contributed by atoms with van der Waals surface area (Å²) in [7, 11) is 0. The van der Waals surface area contributed by atoms with Crippen molar-refractivity contribution < 1.29 is 9.59 Å². The molecule has 2 fully saturated rings. The fourth-order valence-electron chi connectivity index (χ4n) is 3.90. The maximum Gasteiger partial charge on any atom is 0.225 e. The molecule has 1 aliphatic heterocycles. The lowest BCUT2D eigenvalue weighted by molar-refractivity contribution is -0.139. The number of carbonyl (C=O) groups excluding carboxylic acids is 2. The number of benzene rings is 1. The summed E-state index contributed by atoms with van der Waals surface area (Å²) in [5.74, 6) is 0.462. The average molecular weight is 343 g/mol. The van der Waals surface area contributed by atoms with Gasteiger partial charge < -0.3 is 16.0 Å². The number of nitrogens with one attached hydrogen (secondary N) is 1. The quantitative estimate of drug-likeness (QED) is 0.878. The predicted octanol–water partition coefficient (Wildman–Crippen LogP) is 1.98. The Balaban J connectivity index is 1.43. The molecule has 3 rings (SSSR count). The van der Waals surface area contributed by atoms with Crippen LogP contribution in [-0.4, -0.2) is 35.8 Å². The van der Waals surface area contributed by atoms with Gasteiger partial charge in [-0.15, -0.1) is 0 Å². The van der Waals surface area contributed by atoms with Crippen molar-refractivity contribution in [2.24, 2.45) is 17.6 Å². The smallest absolute Gasteiger partial charge is 0.225 e. The summed E-state index contributed by atoms with van der Waals surface area (Å²) in [4.78, 5) is 26.9. The summed E-state index contributed by atoms with van der Waals surface area (Å²) in [5, 5.41) is 3.03. The van der Waals surface area contributed by atoms with Crippen molar-refractivity contribution in [3.63, 3.8) is 0 Å². The lowest BCUT2D eigenvalue weighted by Crippen LogP contribution is -2.44. The third kappa shape index (κ3) is 4.60. The summed E-state index contributed by atoms with van der Waals surface area (Å²) in [6.45, 7) is 4.00. The molecule has 136 valence electrons. The number of piperidine rings is 1. The Labute approximate surface area is 150 Å². The molecule has 2 aliphatic rings. The highest BCUT2D eigenvalue weighted by Crippen LogP contribution is 2.28. The second-order valence-electron chi connectivity index (χ2n) is 7.57. The molecule has 2 unspecified atom stereocenters. The number of likely N-dealkylation sites (tertiary alicyclic amines) is 1. The molecule has 3 N–H and O–H groups in total. The first-order chi connectivity index (χ1) is 12.0. The largest absolute Gasteiger partial charge is 0.352 e. The Bertz CT molecular complexity index is 606. The van der Waals surface area contributed by atoms with Crippen molar-refractivity contribution in [3.8, 4) is 0 Å². The van der Waals surface area contributed by atoms with E-state index in [0.29, 0.717) is 19.6 Å². The van der Waals surface area contributed by atoms with E-state index < -0.39 is 0 Å². The van der Waals surface area contributed by atoms with E-state index >= 15 is 0 Å². The summed E-state index contributed by atoms with van der Waals surface area (Å²) >= 11 is 0. The Morgan fingerprint density at radius 3 is 2.36 bits per heavy atom. The summed E-state index contributed by atoms with van der Waals surface area (Å²) < 4.78 is 0. The topological polar surface area (TPSA) is 75.4 Å². The zero-order valence-electron chi connectivity index (χ0n) is 15.0. The molecule has 1 saturated carbocycles. The average Bonchev–Trinajstić information content (AvgIpc) is 3.07. The monoisotopic (exact) mass is 343 g/mol. The molecular weight excluding hydrogens is 314 g/mol. The Hall–Kier alpha value is -1.88. The lowest BCUT2D eigenvalue weighted by atomic mass is 9.94. The van der Waals surface area contributed by atoms with Gasteiger partial charge in [-0.3, -0.25) is 9.59 Å². The fraction of sp³-hybridized carbons (Fsp3) is 0.600. The highest BCUT2D eigenvalue weighted by Gasteiger charge is 2.33. The van der Waals surface area contributed by atoms with E-state index in [1.807, 2.05) is 17.0 Å². The molecule has 1 aromatic carbocycles. The first-order valence-electron chi connectivity index (χ1n) is 9.40. The van der Waals surface area contributed by atoms with Crippen molar-refractivity contribution >= 4 is 11.8 Å². The van der Waals surface area contributed by atoms with E-state index in [1.165, 1.54) is 5.56 Å². The third-order valence-electron chi connectivity index (χ3n) is 5.59. The molecule has 1 heterocycles. The molecule has 25 heavy (non-hydrogen) atoms. The van der Waals surface area contributed by atoms with Crippen LogP contribution in [0.2, 0.25) is 0 Å². The molecule has 1 aromatic rings. The minimum atomic E-state index is 0.0142. The van der Waals surface area contributed by atoms with Crippen molar-refractivity contribution in [1.82, 2.24) is 10.2 Å². The van der Waals surface area contributed by atoms with Crippen LogP contribution in [0.1, 0.15) is 43.2 Å². The zero-order chi connectivity index (χ0) is 17.8. The highest BCUT2D eigenvalue weighted by atomic mass is 16.2. The second kappa shape index (κ2) is 8.00. The van der Waals surface area contributed by atoms with Gasteiger partial charge in [0.05, 0.1) is 0 Å². The molecule has 0 aromatic heterocycles. The van der Waals surface area contributed by atoms with Crippen LogP contribution in [0.5, 0.6) is 0 Å². The number of amides is 2. The fourth-order valence-corrected chi connectivity index (χ4v) is 3.90. The SMILES string of the molecule is Cc1ccc(CNC(=O)C2CCN(C(=O)C3CCC(N)C3)CC2)cc1. The number of aryl methyl sites for hydroxylation is 1. The van der Waals surface area contributed by atoms with Gasteiger partial charge in [0.2, 0.25) is 11.8 Å². The van der Waals surface area contributed by atoms with Crippen molar-refractivity contribution in [3.05, 3.63) is 35.4 Å². The molecular formula is C20H29N3O2. The van der Waals surface area contributed by atoms with Crippen molar-refractivity contribution in [2.45, 2.75) is 51.6 Å². The molecule has 0 spiro atoms. The Morgan fingerprint density at radius 1 is 1.08 bits per heavy atom. The van der Waals surface area contributed by atoms with E-state index in [1.54, 1.807) is 0 Å². The molecule has 0 radical (unpaired) electrons. The number of nitrogens with two attached hydrogens (primary N) is 1. The number of hydrogen-bond donors (Lipinski definition) is 2. The van der Waals surface area contributed by atoms with E-state index in [0.717, 1.165) is 37.7 Å². The second-order valence-corrected chi connectivity index (χ2v) is 7.57. The standard InChI is InChI=1S/C20H29N3O2/c1-14-2-4-15(5-3-14)13-22-19(24)16-8-10-23(11-9-16)20(25)17-6-7-18(21)12-17/h2-5,16-18H,6-13,21H2,1H3,(H,22,24). The minimum absolute atomic E-state index is 0.0142. The minimum Gasteiger partial charge on any atom is -0.352 e. The van der Waals surface area contributed by atoms with Gasteiger partial charge in [0.15, 0.2) is 0 Å². The van der Waals surface area contributed by atoms with E-state index in [2.05, 4.69) is 24.4 Å². The number of rotatable bonds is 4. The zero-order valence-corrected chi connectivity index (χ0v) is 15.0. The third-order valence-corrected chi connectivity index (χ3v) is 5.59. The van der Waals surface area contributed by atoms with Crippen LogP contribution < -0.4 is 11.1 Å². The molecule has 1 saturated heterocycles. The van der Waals surface area contributed by atoms with Gasteiger partial charge in [-0.05, 0) is 44.6 Å². The van der Waals surface area contributed by atoms with Crippen molar-refractivity contribution in [1.29, 1.82) is 0 Å². The summed E-state index contributed by atoms with van der Waals surface area (Å²) in [6.07, 6.45) is 4.19. The van der Waals surface area contributed by atoms with Crippen molar-refractivity contribution in [2.75, 3.05) is 13.1 Å². The maximum absolute atomic E-state index is 12.5. The van der Waals surface area contributed by atoms with Crippen LogP contribution in [0, 0.1) is 18.8 Å². The molecule has 2 amide bonds. The number of nitrogens with zero attached hydrogens (tertiary/aromatic N) is 1. The molecule has 5 heteroatoms. The van der Waals surface area contributed by atoms with Crippen LogP contribution in [-0.2, 0) is 16.1 Å². The van der Waals surface area contributed by atoms with Gasteiger partial charge in [0, 0.05) is 37.5 Å². The van der Waals surface area contributed by atoms with Gasteiger partial charge in [-0.25, -0.2) is 0 Å². The van der Waals surface area contributed by atoms with Gasteiger partial charge in [0.25, 0.3) is 0 Å². The summed E-state index contributed by atoms with van der Waals surface area (Å²) in [6, 6.07) is 8.38. The van der Waals surface area contributed by atoms with Crippen LogP contribution >= 0.6 is 0 Å². The number of carbonyl (C=O) groups is 2. The van der Waals surface area contributed by atoms with Crippen LogP contribution in [0.3, 0.4) is 0 Å². The van der Waals surface area contributed by atoms with Crippen LogP contribution in [0.15, 0.2) is 24.3 Å². The van der Waals surface area contributed by atoms with Crippen LogP contribution in [0.25, 0.3) is 0 Å². The van der Waals surface area contributed by atoms with E-state index in [-0.39, 0.29) is 29.7 Å². The number of hydrogen-bond acceptors (Lipinski definition) is 3. The molecule has 0 bridgehead atoms.